The first kappa shape index (κ1) is 19.5. The van der Waals surface area contributed by atoms with Crippen LogP contribution in [0.2, 0.25) is 0 Å². The van der Waals surface area contributed by atoms with Gasteiger partial charge >= 0.3 is 0 Å². The number of benzene rings is 2. The molecule has 1 amide bonds. The molecule has 0 aliphatic heterocycles. The molecule has 0 aromatic heterocycles. The number of hydrogen-bond acceptors (Lipinski definition) is 4. The number of carbonyl (C=O) groups is 1. The van der Waals surface area contributed by atoms with Crippen LogP contribution in [-0.4, -0.2) is 32.3 Å². The molecule has 2 N–H and O–H groups in total. The highest BCUT2D eigenvalue weighted by Crippen LogP contribution is 2.18. The maximum atomic E-state index is 12.4. The third-order valence-corrected chi connectivity index (χ3v) is 4.23. The van der Waals surface area contributed by atoms with Crippen molar-refractivity contribution >= 4 is 23.5 Å². The molecular weight excluding hydrogens is 324 g/mol. The molecule has 0 saturated carbocycles. The Balaban J connectivity index is 1.95. The van der Waals surface area contributed by atoms with Crippen molar-refractivity contribution < 1.29 is 4.79 Å². The lowest BCUT2D eigenvalue weighted by Gasteiger charge is -2.18. The zero-order valence-electron chi connectivity index (χ0n) is 16.2. The van der Waals surface area contributed by atoms with E-state index in [1.54, 1.807) is 6.21 Å². The van der Waals surface area contributed by atoms with Gasteiger partial charge in [0.15, 0.2) is 0 Å². The van der Waals surface area contributed by atoms with Crippen LogP contribution in [0.4, 0.5) is 11.4 Å². The number of hydrazone groups is 1. The highest BCUT2D eigenvalue weighted by molar-refractivity contribution is 5.87. The minimum atomic E-state index is -0.329. The number of amides is 1. The SMILES string of the molecule is CC[C@@H](Nc1ccc(C)cc1C)C(=O)N/N=C\c1ccc(N(C)C)cc1. The van der Waals surface area contributed by atoms with Crippen LogP contribution in [0.1, 0.15) is 30.0 Å². The largest absolute Gasteiger partial charge is 0.378 e. The molecular formula is C21H28N4O. The van der Waals surface area contributed by atoms with Crippen molar-refractivity contribution in [2.45, 2.75) is 33.2 Å². The molecule has 5 nitrogen and oxygen atoms in total. The molecule has 138 valence electrons. The van der Waals surface area contributed by atoms with Crippen molar-refractivity contribution in [3.05, 3.63) is 59.2 Å². The number of hydrogen-bond donors (Lipinski definition) is 2. The van der Waals surface area contributed by atoms with E-state index in [4.69, 9.17) is 0 Å². The van der Waals surface area contributed by atoms with Crippen molar-refractivity contribution in [1.82, 2.24) is 5.43 Å². The second-order valence-electron chi connectivity index (χ2n) is 6.64. The summed E-state index contributed by atoms with van der Waals surface area (Å²) in [7, 11) is 3.99. The van der Waals surface area contributed by atoms with Gasteiger partial charge < -0.3 is 10.2 Å². The molecule has 2 rings (SSSR count). The maximum absolute atomic E-state index is 12.4. The molecule has 0 spiro atoms. The summed E-state index contributed by atoms with van der Waals surface area (Å²) < 4.78 is 0. The van der Waals surface area contributed by atoms with E-state index in [-0.39, 0.29) is 11.9 Å². The zero-order chi connectivity index (χ0) is 19.1. The predicted octanol–water partition coefficient (Wildman–Crippen LogP) is 3.71. The van der Waals surface area contributed by atoms with E-state index in [0.717, 1.165) is 22.5 Å². The molecule has 2 aromatic rings. The Bertz CT molecular complexity index is 766. The van der Waals surface area contributed by atoms with Gasteiger partial charge in [-0.1, -0.05) is 36.8 Å². The molecule has 0 unspecified atom stereocenters. The van der Waals surface area contributed by atoms with Gasteiger partial charge in [0.25, 0.3) is 5.91 Å². The van der Waals surface area contributed by atoms with Gasteiger partial charge in [0, 0.05) is 25.5 Å². The highest BCUT2D eigenvalue weighted by atomic mass is 16.2. The molecule has 2 aromatic carbocycles. The van der Waals surface area contributed by atoms with Crippen LogP contribution >= 0.6 is 0 Å². The number of aryl methyl sites for hydroxylation is 2. The normalized spacial score (nSPS) is 12.0. The smallest absolute Gasteiger partial charge is 0.262 e. The summed E-state index contributed by atoms with van der Waals surface area (Å²) in [4.78, 5) is 14.4. The lowest BCUT2D eigenvalue weighted by Crippen LogP contribution is -2.37. The predicted molar refractivity (Wildman–Crippen MR) is 110 cm³/mol. The number of anilines is 2. The van der Waals surface area contributed by atoms with Crippen LogP contribution in [0.5, 0.6) is 0 Å². The monoisotopic (exact) mass is 352 g/mol. The van der Waals surface area contributed by atoms with Gasteiger partial charge in [-0.25, -0.2) is 5.43 Å². The summed E-state index contributed by atoms with van der Waals surface area (Å²) in [6.07, 6.45) is 2.33. The van der Waals surface area contributed by atoms with Crippen LogP contribution in [0.3, 0.4) is 0 Å². The van der Waals surface area contributed by atoms with E-state index < -0.39 is 0 Å². The number of nitrogens with zero attached hydrogens (tertiary/aromatic N) is 2. The first-order valence-corrected chi connectivity index (χ1v) is 8.84. The first-order chi connectivity index (χ1) is 12.4. The van der Waals surface area contributed by atoms with Crippen LogP contribution < -0.4 is 15.6 Å². The average molecular weight is 352 g/mol. The van der Waals surface area contributed by atoms with E-state index in [1.165, 1.54) is 5.56 Å². The van der Waals surface area contributed by atoms with Gasteiger partial charge in [-0.2, -0.15) is 5.10 Å². The maximum Gasteiger partial charge on any atom is 0.262 e. The van der Waals surface area contributed by atoms with Crippen LogP contribution in [0.25, 0.3) is 0 Å². The summed E-state index contributed by atoms with van der Waals surface area (Å²) in [6, 6.07) is 13.8. The first-order valence-electron chi connectivity index (χ1n) is 8.84. The summed E-state index contributed by atoms with van der Waals surface area (Å²) in [5.41, 5.74) is 7.99. The minimum absolute atomic E-state index is 0.145. The number of rotatable bonds is 7. The third kappa shape index (κ3) is 5.34. The fourth-order valence-electron chi connectivity index (χ4n) is 2.62. The second kappa shape index (κ2) is 9.04. The fraction of sp³-hybridized carbons (Fsp3) is 0.333. The zero-order valence-corrected chi connectivity index (χ0v) is 16.2. The van der Waals surface area contributed by atoms with E-state index in [0.29, 0.717) is 6.42 Å². The van der Waals surface area contributed by atoms with Crippen LogP contribution in [0.15, 0.2) is 47.6 Å². The van der Waals surface area contributed by atoms with Gasteiger partial charge in [-0.3, -0.25) is 4.79 Å². The summed E-state index contributed by atoms with van der Waals surface area (Å²) in [5, 5.41) is 7.39. The molecule has 0 aliphatic rings. The molecule has 1 atom stereocenters. The molecule has 5 heteroatoms. The number of nitrogens with one attached hydrogen (secondary N) is 2. The van der Waals surface area contributed by atoms with Crippen molar-refractivity contribution in [3.8, 4) is 0 Å². The Kier molecular flexibility index (Phi) is 6.78. The highest BCUT2D eigenvalue weighted by Gasteiger charge is 2.16. The van der Waals surface area contributed by atoms with Gasteiger partial charge in [0.05, 0.1) is 6.21 Å². The van der Waals surface area contributed by atoms with Crippen molar-refractivity contribution in [3.63, 3.8) is 0 Å². The van der Waals surface area contributed by atoms with Crippen molar-refractivity contribution in [2.75, 3.05) is 24.3 Å². The Hall–Kier alpha value is -2.82. The molecule has 0 aliphatic carbocycles. The lowest BCUT2D eigenvalue weighted by molar-refractivity contribution is -0.121. The standard InChI is InChI=1S/C21H28N4O/c1-6-19(23-20-12-7-15(2)13-16(20)3)21(26)24-22-14-17-8-10-18(11-9-17)25(4)5/h7-14,19,23H,6H2,1-5H3,(H,24,26)/b22-14-/t19-/m1/s1. The van der Waals surface area contributed by atoms with Crippen LogP contribution in [-0.2, 0) is 4.79 Å². The Labute approximate surface area is 156 Å². The summed E-state index contributed by atoms with van der Waals surface area (Å²) in [5.74, 6) is -0.145. The van der Waals surface area contributed by atoms with Crippen molar-refractivity contribution in [1.29, 1.82) is 0 Å². The van der Waals surface area contributed by atoms with E-state index in [1.807, 2.05) is 69.2 Å². The molecule has 0 heterocycles. The van der Waals surface area contributed by atoms with Gasteiger partial charge in [-0.05, 0) is 49.6 Å². The number of carbonyl (C=O) groups excluding carboxylic acids is 1. The molecule has 26 heavy (non-hydrogen) atoms. The topological polar surface area (TPSA) is 56.7 Å². The van der Waals surface area contributed by atoms with Gasteiger partial charge in [0.1, 0.15) is 6.04 Å². The van der Waals surface area contributed by atoms with Gasteiger partial charge in [-0.15, -0.1) is 0 Å². The third-order valence-electron chi connectivity index (χ3n) is 4.23. The van der Waals surface area contributed by atoms with Crippen LogP contribution in [0, 0.1) is 13.8 Å². The molecule has 0 fully saturated rings. The Morgan fingerprint density at radius 2 is 1.85 bits per heavy atom. The van der Waals surface area contributed by atoms with E-state index >= 15 is 0 Å². The second-order valence-corrected chi connectivity index (χ2v) is 6.64. The lowest BCUT2D eigenvalue weighted by atomic mass is 10.1. The summed E-state index contributed by atoms with van der Waals surface area (Å²) in [6.45, 7) is 6.07. The van der Waals surface area contributed by atoms with Gasteiger partial charge in [0.2, 0.25) is 0 Å². The fourth-order valence-corrected chi connectivity index (χ4v) is 2.62. The molecule has 0 saturated heterocycles. The minimum Gasteiger partial charge on any atom is -0.378 e. The average Bonchev–Trinajstić information content (AvgIpc) is 2.61. The van der Waals surface area contributed by atoms with Crippen molar-refractivity contribution in [2.24, 2.45) is 5.10 Å². The Morgan fingerprint density at radius 1 is 1.15 bits per heavy atom. The Morgan fingerprint density at radius 3 is 2.42 bits per heavy atom. The molecule has 0 bridgehead atoms. The summed E-state index contributed by atoms with van der Waals surface area (Å²) >= 11 is 0. The quantitative estimate of drug-likeness (QED) is 0.590. The van der Waals surface area contributed by atoms with E-state index in [9.17, 15) is 4.79 Å². The molecule has 0 radical (unpaired) electrons. The van der Waals surface area contributed by atoms with E-state index in [2.05, 4.69) is 28.8 Å².